The second kappa shape index (κ2) is 8.95. The van der Waals surface area contributed by atoms with E-state index in [1.807, 2.05) is 0 Å². The molecular formula is C17H21ClF2N4O2. The van der Waals surface area contributed by atoms with Crippen LogP contribution in [0.1, 0.15) is 23.7 Å². The summed E-state index contributed by atoms with van der Waals surface area (Å²) in [5.74, 6) is 0.124. The molecule has 0 radical (unpaired) electrons. The Bertz CT molecular complexity index is 741. The third-order valence-corrected chi connectivity index (χ3v) is 4.33. The number of aromatic nitrogens is 2. The number of hydrogen-bond donors (Lipinski definition) is 3. The van der Waals surface area contributed by atoms with E-state index in [9.17, 15) is 13.6 Å². The average molecular weight is 387 g/mol. The maximum atomic E-state index is 12.6. The lowest BCUT2D eigenvalue weighted by atomic mass is 9.95. The predicted molar refractivity (Wildman–Crippen MR) is 95.8 cm³/mol. The molecule has 2 unspecified atom stereocenters. The number of carbonyl (C=O) groups is 1. The van der Waals surface area contributed by atoms with Gasteiger partial charge in [0.05, 0.1) is 17.5 Å². The number of halogens is 3. The Hall–Kier alpha value is -2.19. The van der Waals surface area contributed by atoms with E-state index in [1.165, 1.54) is 18.3 Å². The number of hydrogen-bond acceptors (Lipinski definition) is 4. The second-order valence-corrected chi connectivity index (χ2v) is 6.12. The van der Waals surface area contributed by atoms with Gasteiger partial charge in [-0.05, 0) is 37.6 Å². The van der Waals surface area contributed by atoms with E-state index in [-0.39, 0.29) is 30.1 Å². The summed E-state index contributed by atoms with van der Waals surface area (Å²) in [5, 5.41) is 13.0. The number of alkyl halides is 2. The molecule has 3 rings (SSSR count). The second-order valence-electron chi connectivity index (χ2n) is 6.12. The van der Waals surface area contributed by atoms with Crippen LogP contribution in [0.3, 0.4) is 0 Å². The average Bonchev–Trinajstić information content (AvgIpc) is 3.06. The molecule has 2 heterocycles. The first-order valence-corrected chi connectivity index (χ1v) is 8.15. The first-order chi connectivity index (χ1) is 12.0. The van der Waals surface area contributed by atoms with Crippen molar-refractivity contribution in [2.75, 3.05) is 13.1 Å². The van der Waals surface area contributed by atoms with Gasteiger partial charge in [0.15, 0.2) is 0 Å². The Labute approximate surface area is 156 Å². The minimum Gasteiger partial charge on any atom is -0.435 e. The van der Waals surface area contributed by atoms with Gasteiger partial charge in [0.2, 0.25) is 0 Å². The third-order valence-electron chi connectivity index (χ3n) is 4.33. The molecule has 1 aliphatic heterocycles. The summed E-state index contributed by atoms with van der Waals surface area (Å²) in [7, 11) is 0. The van der Waals surface area contributed by atoms with Crippen LogP contribution in [0.15, 0.2) is 30.5 Å². The van der Waals surface area contributed by atoms with Crippen molar-refractivity contribution in [1.29, 1.82) is 0 Å². The molecule has 1 aliphatic rings. The Kier molecular flexibility index (Phi) is 6.93. The van der Waals surface area contributed by atoms with E-state index >= 15 is 0 Å². The van der Waals surface area contributed by atoms with Gasteiger partial charge in [-0.3, -0.25) is 9.89 Å². The van der Waals surface area contributed by atoms with Crippen molar-refractivity contribution in [3.8, 4) is 17.0 Å². The number of rotatable bonds is 5. The number of piperidine rings is 1. The molecule has 6 nitrogen and oxygen atoms in total. The molecule has 1 saturated heterocycles. The molecule has 9 heteroatoms. The predicted octanol–water partition coefficient (Wildman–Crippen LogP) is 2.83. The third kappa shape index (κ3) is 4.70. The summed E-state index contributed by atoms with van der Waals surface area (Å²) in [6.45, 7) is 0.899. The molecule has 1 aromatic heterocycles. The van der Waals surface area contributed by atoms with Crippen molar-refractivity contribution in [1.82, 2.24) is 20.8 Å². The number of ether oxygens (including phenoxy) is 1. The quantitative estimate of drug-likeness (QED) is 0.738. The van der Waals surface area contributed by atoms with Gasteiger partial charge in [0, 0.05) is 11.6 Å². The van der Waals surface area contributed by atoms with E-state index in [0.29, 0.717) is 22.7 Å². The summed E-state index contributed by atoms with van der Waals surface area (Å²) < 4.78 is 29.2. The molecule has 2 aromatic rings. The van der Waals surface area contributed by atoms with E-state index < -0.39 is 6.61 Å². The van der Waals surface area contributed by atoms with Crippen molar-refractivity contribution in [2.24, 2.45) is 5.92 Å². The van der Waals surface area contributed by atoms with Gasteiger partial charge >= 0.3 is 6.61 Å². The fourth-order valence-corrected chi connectivity index (χ4v) is 2.98. The molecule has 0 aliphatic carbocycles. The van der Waals surface area contributed by atoms with Gasteiger partial charge in [-0.25, -0.2) is 0 Å². The first kappa shape index (κ1) is 20.1. The molecule has 3 N–H and O–H groups in total. The van der Waals surface area contributed by atoms with E-state index in [0.717, 1.165) is 19.5 Å². The fraction of sp³-hybridized carbons (Fsp3) is 0.412. The highest BCUT2D eigenvalue weighted by Crippen LogP contribution is 2.26. The summed E-state index contributed by atoms with van der Waals surface area (Å²) >= 11 is 0. The van der Waals surface area contributed by atoms with Gasteiger partial charge < -0.3 is 15.4 Å². The van der Waals surface area contributed by atoms with Crippen LogP contribution in [0, 0.1) is 5.92 Å². The lowest BCUT2D eigenvalue weighted by Gasteiger charge is -2.30. The Balaban J connectivity index is 0.00000243. The standard InChI is InChI=1S/C17H20F2N4O2.ClH/c1-10-8-20-6-5-14(10)22-16(24)13-9-21-23-15(13)11-3-2-4-12(7-11)25-17(18)19;/h2-4,7,9-10,14,17,20H,5-6,8H2,1H3,(H,21,23)(H,22,24);1H. The Morgan fingerprint density at radius 3 is 2.96 bits per heavy atom. The lowest BCUT2D eigenvalue weighted by Crippen LogP contribution is -2.48. The van der Waals surface area contributed by atoms with Gasteiger partial charge in [0.25, 0.3) is 5.91 Å². The van der Waals surface area contributed by atoms with E-state index in [2.05, 4.69) is 32.5 Å². The number of carbonyl (C=O) groups excluding carboxylic acids is 1. The number of aromatic amines is 1. The summed E-state index contributed by atoms with van der Waals surface area (Å²) in [5.41, 5.74) is 1.40. The van der Waals surface area contributed by atoms with Crippen LogP contribution in [0.25, 0.3) is 11.3 Å². The molecule has 0 saturated carbocycles. The molecule has 2 atom stereocenters. The fourth-order valence-electron chi connectivity index (χ4n) is 2.98. The largest absolute Gasteiger partial charge is 0.435 e. The summed E-state index contributed by atoms with van der Waals surface area (Å²) in [6.07, 6.45) is 2.30. The van der Waals surface area contributed by atoms with Crippen molar-refractivity contribution < 1.29 is 18.3 Å². The molecule has 0 bridgehead atoms. The van der Waals surface area contributed by atoms with Crippen molar-refractivity contribution in [2.45, 2.75) is 26.0 Å². The molecule has 1 aromatic carbocycles. The smallest absolute Gasteiger partial charge is 0.387 e. The normalized spacial score (nSPS) is 19.7. The van der Waals surface area contributed by atoms with Crippen molar-refractivity contribution in [3.05, 3.63) is 36.0 Å². The zero-order valence-electron chi connectivity index (χ0n) is 14.2. The van der Waals surface area contributed by atoms with Crippen molar-refractivity contribution >= 4 is 18.3 Å². The zero-order valence-corrected chi connectivity index (χ0v) is 15.0. The van der Waals surface area contributed by atoms with Crippen LogP contribution in [0.4, 0.5) is 8.78 Å². The minimum absolute atomic E-state index is 0. The van der Waals surface area contributed by atoms with Crippen molar-refractivity contribution in [3.63, 3.8) is 0 Å². The van der Waals surface area contributed by atoms with Gasteiger partial charge in [0.1, 0.15) is 5.75 Å². The molecular weight excluding hydrogens is 366 g/mol. The lowest BCUT2D eigenvalue weighted by molar-refractivity contribution is -0.0498. The Morgan fingerprint density at radius 1 is 1.42 bits per heavy atom. The van der Waals surface area contributed by atoms with Crippen LogP contribution in [0.2, 0.25) is 0 Å². The van der Waals surface area contributed by atoms with Gasteiger partial charge in [-0.1, -0.05) is 19.1 Å². The maximum absolute atomic E-state index is 12.6. The van der Waals surface area contributed by atoms with Crippen LogP contribution < -0.4 is 15.4 Å². The van der Waals surface area contributed by atoms with E-state index in [1.54, 1.807) is 12.1 Å². The highest BCUT2D eigenvalue weighted by molar-refractivity contribution is 6.00. The minimum atomic E-state index is -2.90. The number of nitrogens with one attached hydrogen (secondary N) is 3. The SMILES string of the molecule is CC1CNCCC1NC(=O)c1cn[nH]c1-c1cccc(OC(F)F)c1.Cl. The van der Waals surface area contributed by atoms with Crippen LogP contribution in [0.5, 0.6) is 5.75 Å². The van der Waals surface area contributed by atoms with E-state index in [4.69, 9.17) is 0 Å². The van der Waals surface area contributed by atoms with Gasteiger partial charge in [-0.15, -0.1) is 12.4 Å². The zero-order chi connectivity index (χ0) is 17.8. The highest BCUT2D eigenvalue weighted by atomic mass is 35.5. The number of nitrogens with zero attached hydrogens (tertiary/aromatic N) is 1. The number of amides is 1. The van der Waals surface area contributed by atoms with Crippen LogP contribution in [-0.2, 0) is 0 Å². The molecule has 26 heavy (non-hydrogen) atoms. The Morgan fingerprint density at radius 2 is 2.23 bits per heavy atom. The van der Waals surface area contributed by atoms with Crippen LogP contribution in [-0.4, -0.2) is 41.8 Å². The van der Waals surface area contributed by atoms with Gasteiger partial charge in [-0.2, -0.15) is 13.9 Å². The number of benzene rings is 1. The number of H-pyrrole nitrogens is 1. The first-order valence-electron chi connectivity index (χ1n) is 8.15. The highest BCUT2D eigenvalue weighted by Gasteiger charge is 2.25. The molecule has 142 valence electrons. The summed E-state index contributed by atoms with van der Waals surface area (Å²) in [4.78, 5) is 12.6. The molecule has 1 fully saturated rings. The summed E-state index contributed by atoms with van der Waals surface area (Å²) in [6, 6.07) is 6.26. The van der Waals surface area contributed by atoms with Crippen LogP contribution >= 0.6 is 12.4 Å². The topological polar surface area (TPSA) is 79.0 Å². The maximum Gasteiger partial charge on any atom is 0.387 e. The molecule has 1 amide bonds. The molecule has 0 spiro atoms. The monoisotopic (exact) mass is 386 g/mol.